The molecule has 7 nitrogen and oxygen atoms in total. The largest absolute Gasteiger partial charge is 0.461 e. The molecule has 1 aromatic heterocycles. The predicted octanol–water partition coefficient (Wildman–Crippen LogP) is 2.78. The molecule has 2 atom stereocenters. The van der Waals surface area contributed by atoms with Gasteiger partial charge >= 0.3 is 0 Å². The summed E-state index contributed by atoms with van der Waals surface area (Å²) in [6, 6.07) is 4.26. The summed E-state index contributed by atoms with van der Waals surface area (Å²) in [5.41, 5.74) is 3.82. The average Bonchev–Trinajstić information content (AvgIpc) is 2.95. The van der Waals surface area contributed by atoms with Crippen LogP contribution in [0, 0.1) is 5.92 Å². The molecule has 136 valence electrons. The molecule has 0 radical (unpaired) electrons. The Balaban J connectivity index is 2.07. The lowest BCUT2D eigenvalue weighted by Crippen LogP contribution is -2.50. The highest BCUT2D eigenvalue weighted by Gasteiger charge is 2.33. The first-order chi connectivity index (χ1) is 11.9. The molecule has 1 heterocycles. The van der Waals surface area contributed by atoms with E-state index in [1.165, 1.54) is 5.56 Å². The van der Waals surface area contributed by atoms with Crippen molar-refractivity contribution < 1.29 is 23.2 Å². The SMILES string of the molecule is CC(C)C(C(=O)NO)N(c1ccc2c3c(oc2c1)CCCC3)S(=O)O. The van der Waals surface area contributed by atoms with Crippen molar-refractivity contribution in [2.24, 2.45) is 5.92 Å². The van der Waals surface area contributed by atoms with Crippen LogP contribution in [0.2, 0.25) is 0 Å². The van der Waals surface area contributed by atoms with Gasteiger partial charge in [0.2, 0.25) is 0 Å². The van der Waals surface area contributed by atoms with E-state index < -0.39 is 23.2 Å². The Morgan fingerprint density at radius 3 is 2.68 bits per heavy atom. The Hall–Kier alpha value is -1.90. The molecule has 2 unspecified atom stereocenters. The number of nitrogens with one attached hydrogen (secondary N) is 1. The molecular weight excluding hydrogens is 344 g/mol. The summed E-state index contributed by atoms with van der Waals surface area (Å²) >= 11 is -2.44. The Labute approximate surface area is 148 Å². The highest BCUT2D eigenvalue weighted by Crippen LogP contribution is 2.35. The number of amides is 1. The number of hydrogen-bond donors (Lipinski definition) is 3. The van der Waals surface area contributed by atoms with Crippen molar-refractivity contribution in [3.8, 4) is 0 Å². The van der Waals surface area contributed by atoms with Gasteiger partial charge in [-0.15, -0.1) is 0 Å². The molecule has 1 aliphatic rings. The van der Waals surface area contributed by atoms with Gasteiger partial charge in [0.25, 0.3) is 17.2 Å². The van der Waals surface area contributed by atoms with E-state index in [9.17, 15) is 13.6 Å². The van der Waals surface area contributed by atoms with Crippen LogP contribution >= 0.6 is 0 Å². The molecule has 0 aliphatic heterocycles. The summed E-state index contributed by atoms with van der Waals surface area (Å²) in [5, 5.41) is 10.00. The zero-order valence-electron chi connectivity index (χ0n) is 14.2. The maximum absolute atomic E-state index is 12.0. The monoisotopic (exact) mass is 366 g/mol. The van der Waals surface area contributed by atoms with E-state index >= 15 is 0 Å². The molecule has 1 amide bonds. The van der Waals surface area contributed by atoms with Crippen molar-refractivity contribution in [3.05, 3.63) is 29.5 Å². The Kier molecular flexibility index (Phi) is 5.12. The third-order valence-electron chi connectivity index (χ3n) is 4.63. The van der Waals surface area contributed by atoms with Gasteiger partial charge in [-0.25, -0.2) is 9.69 Å². The molecule has 3 N–H and O–H groups in total. The fourth-order valence-electron chi connectivity index (χ4n) is 3.48. The van der Waals surface area contributed by atoms with Crippen LogP contribution in [0.3, 0.4) is 0 Å². The van der Waals surface area contributed by atoms with Crippen molar-refractivity contribution in [2.75, 3.05) is 4.31 Å². The fraction of sp³-hybridized carbons (Fsp3) is 0.471. The minimum Gasteiger partial charge on any atom is -0.461 e. The number of nitrogens with zero attached hydrogens (tertiary/aromatic N) is 1. The van der Waals surface area contributed by atoms with Gasteiger partial charge in [0.15, 0.2) is 0 Å². The average molecular weight is 366 g/mol. The number of anilines is 1. The van der Waals surface area contributed by atoms with Gasteiger partial charge in [0, 0.05) is 23.4 Å². The van der Waals surface area contributed by atoms with Crippen LogP contribution < -0.4 is 9.79 Å². The lowest BCUT2D eigenvalue weighted by atomic mass is 9.96. The number of aryl methyl sites for hydroxylation is 2. The Morgan fingerprint density at radius 1 is 1.32 bits per heavy atom. The van der Waals surface area contributed by atoms with Crippen LogP contribution in [-0.4, -0.2) is 25.9 Å². The van der Waals surface area contributed by atoms with Gasteiger partial charge in [-0.2, -0.15) is 0 Å². The number of hydroxylamine groups is 1. The second kappa shape index (κ2) is 7.15. The van der Waals surface area contributed by atoms with Crippen LogP contribution in [0.5, 0.6) is 0 Å². The summed E-state index contributed by atoms with van der Waals surface area (Å²) in [5.74, 6) is -0.0661. The highest BCUT2D eigenvalue weighted by atomic mass is 32.2. The van der Waals surface area contributed by atoms with E-state index in [0.717, 1.165) is 41.1 Å². The number of furan rings is 1. The number of hydrogen-bond acceptors (Lipinski definition) is 4. The van der Waals surface area contributed by atoms with Gasteiger partial charge in [-0.05, 0) is 37.3 Å². The quantitative estimate of drug-likeness (QED) is 0.429. The van der Waals surface area contributed by atoms with Crippen molar-refractivity contribution in [3.63, 3.8) is 0 Å². The third kappa shape index (κ3) is 3.29. The molecule has 0 saturated carbocycles. The topological polar surface area (TPSA) is 103 Å². The first-order valence-electron chi connectivity index (χ1n) is 8.32. The normalized spacial score (nSPS) is 16.5. The van der Waals surface area contributed by atoms with E-state index in [1.54, 1.807) is 31.5 Å². The number of carbonyl (C=O) groups excluding carboxylic acids is 1. The fourth-order valence-corrected chi connectivity index (χ4v) is 4.31. The number of carbonyl (C=O) groups is 1. The standard InChI is InChI=1S/C17H22N2O5S/c1-10(2)16(17(20)18-21)19(25(22)23)11-7-8-13-12-5-3-4-6-14(12)24-15(13)9-11/h7-10,16,21H,3-6H2,1-2H3,(H,18,20)(H,22,23). The lowest BCUT2D eigenvalue weighted by molar-refractivity contribution is -0.131. The molecule has 0 saturated heterocycles. The summed E-state index contributed by atoms with van der Waals surface area (Å²) in [4.78, 5) is 12.0. The highest BCUT2D eigenvalue weighted by molar-refractivity contribution is 7.80. The summed E-state index contributed by atoms with van der Waals surface area (Å²) in [7, 11) is 0. The second-order valence-electron chi connectivity index (χ2n) is 6.61. The Bertz CT molecular complexity index is 817. The van der Waals surface area contributed by atoms with Crippen LogP contribution in [0.4, 0.5) is 5.69 Å². The molecule has 1 aromatic carbocycles. The van der Waals surface area contributed by atoms with Crippen molar-refractivity contribution in [2.45, 2.75) is 45.6 Å². The van der Waals surface area contributed by atoms with Crippen molar-refractivity contribution in [1.29, 1.82) is 0 Å². The van der Waals surface area contributed by atoms with E-state index in [0.29, 0.717) is 11.3 Å². The lowest BCUT2D eigenvalue weighted by Gasteiger charge is -2.30. The molecule has 1 aliphatic carbocycles. The maximum Gasteiger partial charge on any atom is 0.267 e. The summed E-state index contributed by atoms with van der Waals surface area (Å²) in [6.45, 7) is 3.48. The minimum atomic E-state index is -2.44. The van der Waals surface area contributed by atoms with Crippen LogP contribution in [0.1, 0.15) is 38.0 Å². The molecule has 3 rings (SSSR count). The van der Waals surface area contributed by atoms with Gasteiger partial charge in [-0.1, -0.05) is 13.8 Å². The smallest absolute Gasteiger partial charge is 0.267 e. The van der Waals surface area contributed by atoms with Crippen LogP contribution in [0.15, 0.2) is 22.6 Å². The van der Waals surface area contributed by atoms with Gasteiger partial charge in [0.1, 0.15) is 17.4 Å². The zero-order chi connectivity index (χ0) is 18.1. The maximum atomic E-state index is 12.0. The van der Waals surface area contributed by atoms with Gasteiger partial charge in [0.05, 0.1) is 5.69 Å². The number of fused-ring (bicyclic) bond motifs is 3. The van der Waals surface area contributed by atoms with E-state index in [4.69, 9.17) is 9.62 Å². The van der Waals surface area contributed by atoms with Gasteiger partial charge in [-0.3, -0.25) is 18.9 Å². The van der Waals surface area contributed by atoms with Crippen molar-refractivity contribution >= 4 is 33.8 Å². The minimum absolute atomic E-state index is 0.302. The summed E-state index contributed by atoms with van der Waals surface area (Å²) in [6.07, 6.45) is 4.09. The molecule has 0 bridgehead atoms. The molecule has 8 heteroatoms. The van der Waals surface area contributed by atoms with E-state index in [2.05, 4.69) is 0 Å². The van der Waals surface area contributed by atoms with E-state index in [-0.39, 0.29) is 5.92 Å². The third-order valence-corrected chi connectivity index (χ3v) is 5.40. The number of rotatable bonds is 5. The number of benzene rings is 1. The molecule has 25 heavy (non-hydrogen) atoms. The Morgan fingerprint density at radius 2 is 2.04 bits per heavy atom. The van der Waals surface area contributed by atoms with Crippen molar-refractivity contribution in [1.82, 2.24) is 5.48 Å². The second-order valence-corrected chi connectivity index (χ2v) is 7.47. The zero-order valence-corrected chi connectivity index (χ0v) is 15.0. The first kappa shape index (κ1) is 17.9. The van der Waals surface area contributed by atoms with Crippen LogP contribution in [-0.2, 0) is 28.9 Å². The van der Waals surface area contributed by atoms with Crippen LogP contribution in [0.25, 0.3) is 11.0 Å². The molecular formula is C17H22N2O5S. The van der Waals surface area contributed by atoms with Gasteiger partial charge < -0.3 is 4.42 Å². The molecule has 0 spiro atoms. The molecule has 2 aromatic rings. The summed E-state index contributed by atoms with van der Waals surface area (Å²) < 4.78 is 28.7. The first-order valence-corrected chi connectivity index (χ1v) is 9.39. The molecule has 0 fully saturated rings. The van der Waals surface area contributed by atoms with E-state index in [1.807, 2.05) is 6.07 Å². The predicted molar refractivity (Wildman–Crippen MR) is 94.7 cm³/mol.